The molecule has 0 atom stereocenters. The molecule has 0 aliphatic heterocycles. The molecule has 6 rings (SSSR count). The monoisotopic (exact) mass is 454 g/mol. The lowest BCUT2D eigenvalue weighted by molar-refractivity contribution is 0.289. The maximum atomic E-state index is 6.15. The molecule has 0 unspecified atom stereocenters. The quantitative estimate of drug-likeness (QED) is 0.206. The second kappa shape index (κ2) is 8.57. The third-order valence-electron chi connectivity index (χ3n) is 7.09. The maximum absolute atomic E-state index is 6.15. The van der Waals surface area contributed by atoms with Crippen LogP contribution in [-0.4, -0.2) is 17.1 Å². The lowest BCUT2D eigenvalue weighted by atomic mass is 9.69. The number of hydrogen-bond acceptors (Lipinski definition) is 1. The van der Waals surface area contributed by atoms with Gasteiger partial charge in [-0.2, -0.15) is 0 Å². The van der Waals surface area contributed by atoms with Crippen LogP contribution in [0.15, 0.2) is 127 Å². The van der Waals surface area contributed by atoms with E-state index < -0.39 is 5.41 Å². The average molecular weight is 455 g/mol. The van der Waals surface area contributed by atoms with Crippen molar-refractivity contribution in [1.29, 1.82) is 0 Å². The highest BCUT2D eigenvalue weighted by Crippen LogP contribution is 2.42. The average Bonchev–Trinajstić information content (AvgIpc) is 2.91. The van der Waals surface area contributed by atoms with Crippen LogP contribution in [0.2, 0.25) is 0 Å². The Balaban J connectivity index is 1.69. The highest BCUT2D eigenvalue weighted by atomic mass is 28.2. The normalized spacial score (nSPS) is 12.0. The second-order valence-corrected chi connectivity index (χ2v) is 9.60. The zero-order valence-corrected chi connectivity index (χ0v) is 21.2. The van der Waals surface area contributed by atoms with Gasteiger partial charge in [-0.1, -0.05) is 109 Å². The van der Waals surface area contributed by atoms with Crippen LogP contribution < -0.4 is 0 Å². The predicted molar refractivity (Wildman–Crippen MR) is 148 cm³/mol. The first kappa shape index (κ1) is 20.9. The van der Waals surface area contributed by atoms with Crippen LogP contribution in [0.1, 0.15) is 16.7 Å². The molecule has 0 N–H and O–H groups in total. The summed E-state index contributed by atoms with van der Waals surface area (Å²) in [7, 11) is 0.675. The first-order chi connectivity index (χ1) is 16.8. The number of fused-ring (bicyclic) bond motifs is 3. The molecule has 0 radical (unpaired) electrons. The smallest absolute Gasteiger partial charge is 0.146 e. The summed E-state index contributed by atoms with van der Waals surface area (Å²) in [6.45, 7) is 0.605. The van der Waals surface area contributed by atoms with E-state index >= 15 is 0 Å². The zero-order valence-electron chi connectivity index (χ0n) is 19.2. The van der Waals surface area contributed by atoms with Crippen molar-refractivity contribution in [2.24, 2.45) is 0 Å². The van der Waals surface area contributed by atoms with Crippen LogP contribution in [0.5, 0.6) is 0 Å². The van der Waals surface area contributed by atoms with E-state index in [0.29, 0.717) is 17.1 Å². The van der Waals surface area contributed by atoms with Gasteiger partial charge in [-0.05, 0) is 67.2 Å². The minimum atomic E-state index is -0.417. The molecule has 2 heteroatoms. The molecule has 0 aliphatic carbocycles. The largest absolute Gasteiger partial charge is 0.426 e. The summed E-state index contributed by atoms with van der Waals surface area (Å²) in [5.74, 6) is 0. The van der Waals surface area contributed by atoms with Crippen LogP contribution in [0.4, 0.5) is 0 Å². The topological polar surface area (TPSA) is 9.23 Å². The minimum absolute atomic E-state index is 0.417. The molecule has 0 aliphatic rings. The van der Waals surface area contributed by atoms with Gasteiger partial charge in [0.25, 0.3) is 0 Å². The standard InChI is InChI=1S/C32H26OSi/c34-33-22-32(29-16-13-23-7-1-4-10-26(23)19-29,30-17-14-24-8-2-5-11-27(24)20-30)31-18-15-25-9-3-6-12-28(25)21-31/h1-21H,22H2,34H3. The van der Waals surface area contributed by atoms with Crippen LogP contribution in [0.25, 0.3) is 32.3 Å². The fraction of sp³-hybridized carbons (Fsp3) is 0.0625. The van der Waals surface area contributed by atoms with E-state index in [2.05, 4.69) is 127 Å². The van der Waals surface area contributed by atoms with Crippen LogP contribution >= 0.6 is 0 Å². The van der Waals surface area contributed by atoms with Gasteiger partial charge in [-0.25, -0.2) is 0 Å². The Bertz CT molecular complexity index is 1440. The van der Waals surface area contributed by atoms with Gasteiger partial charge in [0.15, 0.2) is 0 Å². The van der Waals surface area contributed by atoms with Crippen molar-refractivity contribution in [3.05, 3.63) is 144 Å². The molecule has 0 fully saturated rings. The van der Waals surface area contributed by atoms with E-state index in [1.165, 1.54) is 49.0 Å². The Morgan fingerprint density at radius 3 is 1.09 bits per heavy atom. The molecule has 0 saturated carbocycles. The molecule has 34 heavy (non-hydrogen) atoms. The third-order valence-corrected chi connectivity index (χ3v) is 7.38. The van der Waals surface area contributed by atoms with E-state index in [0.717, 1.165) is 0 Å². The molecular formula is C32H26OSi. The fourth-order valence-corrected chi connectivity index (χ4v) is 5.76. The van der Waals surface area contributed by atoms with Gasteiger partial charge in [0.2, 0.25) is 0 Å². The summed E-state index contributed by atoms with van der Waals surface area (Å²) in [6.07, 6.45) is 0. The molecule has 0 heterocycles. The zero-order chi connectivity index (χ0) is 23.0. The van der Waals surface area contributed by atoms with Gasteiger partial charge < -0.3 is 4.43 Å². The molecule has 0 bridgehead atoms. The van der Waals surface area contributed by atoms with Crippen molar-refractivity contribution < 1.29 is 4.43 Å². The Hall–Kier alpha value is -3.72. The SMILES string of the molecule is [SiH3]OCC(c1ccc2ccccc2c1)(c1ccc2ccccc2c1)c1ccc2ccccc2c1. The van der Waals surface area contributed by atoms with Gasteiger partial charge in [0.05, 0.1) is 12.0 Å². The van der Waals surface area contributed by atoms with Crippen molar-refractivity contribution in [2.45, 2.75) is 5.41 Å². The second-order valence-electron chi connectivity index (χ2n) is 9.02. The van der Waals surface area contributed by atoms with Gasteiger partial charge in [0, 0.05) is 0 Å². The van der Waals surface area contributed by atoms with Gasteiger partial charge in [0.1, 0.15) is 10.5 Å². The fourth-order valence-electron chi connectivity index (χ4n) is 5.33. The highest BCUT2D eigenvalue weighted by Gasteiger charge is 2.37. The van der Waals surface area contributed by atoms with Gasteiger partial charge >= 0.3 is 0 Å². The maximum Gasteiger partial charge on any atom is 0.146 e. The molecular weight excluding hydrogens is 428 g/mol. The summed E-state index contributed by atoms with van der Waals surface area (Å²) in [6, 6.07) is 46.4. The molecule has 0 spiro atoms. The number of rotatable bonds is 5. The minimum Gasteiger partial charge on any atom is -0.426 e. The number of benzene rings is 6. The lowest BCUT2D eigenvalue weighted by Gasteiger charge is -2.36. The van der Waals surface area contributed by atoms with E-state index in [-0.39, 0.29) is 0 Å². The summed E-state index contributed by atoms with van der Waals surface area (Å²) < 4.78 is 6.15. The predicted octanol–water partition coefficient (Wildman–Crippen LogP) is 6.78. The summed E-state index contributed by atoms with van der Waals surface area (Å²) in [5, 5.41) is 7.51. The van der Waals surface area contributed by atoms with Crippen LogP contribution in [-0.2, 0) is 9.84 Å². The molecule has 6 aromatic carbocycles. The molecule has 6 aromatic rings. The van der Waals surface area contributed by atoms with Gasteiger partial charge in [-0.3, -0.25) is 0 Å². The molecule has 0 aromatic heterocycles. The van der Waals surface area contributed by atoms with Gasteiger partial charge in [-0.15, -0.1) is 0 Å². The molecule has 1 nitrogen and oxygen atoms in total. The molecule has 0 saturated heterocycles. The van der Waals surface area contributed by atoms with E-state index in [1.54, 1.807) is 0 Å². The Morgan fingerprint density at radius 2 is 0.765 bits per heavy atom. The van der Waals surface area contributed by atoms with Crippen molar-refractivity contribution in [3.63, 3.8) is 0 Å². The highest BCUT2D eigenvalue weighted by molar-refractivity contribution is 5.98. The van der Waals surface area contributed by atoms with Crippen LogP contribution in [0.3, 0.4) is 0 Å². The van der Waals surface area contributed by atoms with Crippen molar-refractivity contribution >= 4 is 42.8 Å². The van der Waals surface area contributed by atoms with E-state index in [1.807, 2.05) is 0 Å². The molecule has 0 amide bonds. The summed E-state index contributed by atoms with van der Waals surface area (Å²) in [4.78, 5) is 0. The summed E-state index contributed by atoms with van der Waals surface area (Å²) in [5.41, 5.74) is 3.35. The first-order valence-electron chi connectivity index (χ1n) is 11.7. The Labute approximate surface area is 203 Å². The Morgan fingerprint density at radius 1 is 0.441 bits per heavy atom. The molecule has 164 valence electrons. The van der Waals surface area contributed by atoms with Crippen molar-refractivity contribution in [2.75, 3.05) is 6.61 Å². The summed E-state index contributed by atoms with van der Waals surface area (Å²) >= 11 is 0. The lowest BCUT2D eigenvalue weighted by Crippen LogP contribution is -2.34. The third kappa shape index (κ3) is 3.43. The number of hydrogen-bond donors (Lipinski definition) is 0. The van der Waals surface area contributed by atoms with Crippen molar-refractivity contribution in [1.82, 2.24) is 0 Å². The van der Waals surface area contributed by atoms with Crippen LogP contribution in [0, 0.1) is 0 Å². The Kier molecular flexibility index (Phi) is 5.25. The van der Waals surface area contributed by atoms with E-state index in [4.69, 9.17) is 4.43 Å². The van der Waals surface area contributed by atoms with Crippen molar-refractivity contribution in [3.8, 4) is 0 Å². The van der Waals surface area contributed by atoms with E-state index in [9.17, 15) is 0 Å². The first-order valence-corrected chi connectivity index (χ1v) is 12.6.